The highest BCUT2D eigenvalue weighted by molar-refractivity contribution is 5.34. The van der Waals surface area contributed by atoms with Crippen LogP contribution in [-0.4, -0.2) is 25.1 Å². The summed E-state index contributed by atoms with van der Waals surface area (Å²) < 4.78 is 9.40. The van der Waals surface area contributed by atoms with Gasteiger partial charge in [0.05, 0.1) is 23.7 Å². The summed E-state index contributed by atoms with van der Waals surface area (Å²) in [4.78, 5) is 0. The van der Waals surface area contributed by atoms with Crippen LogP contribution in [0.5, 0.6) is 11.6 Å². The van der Waals surface area contributed by atoms with Crippen LogP contribution in [-0.2, 0) is 20.6 Å². The van der Waals surface area contributed by atoms with Crippen molar-refractivity contribution < 1.29 is 4.74 Å². The molecule has 2 rings (SSSR count). The third-order valence-corrected chi connectivity index (χ3v) is 2.98. The van der Waals surface area contributed by atoms with E-state index in [-0.39, 0.29) is 5.54 Å². The van der Waals surface area contributed by atoms with Gasteiger partial charge in [-0.3, -0.25) is 4.68 Å². The molecule has 0 spiro atoms. The van der Waals surface area contributed by atoms with Gasteiger partial charge < -0.3 is 10.1 Å². The van der Waals surface area contributed by atoms with Gasteiger partial charge in [0.1, 0.15) is 0 Å². The first kappa shape index (κ1) is 14.6. The lowest BCUT2D eigenvalue weighted by atomic mass is 10.1. The van der Waals surface area contributed by atoms with Crippen molar-refractivity contribution in [2.75, 3.05) is 0 Å². The topological polar surface area (TPSA) is 56.9 Å². The van der Waals surface area contributed by atoms with E-state index in [4.69, 9.17) is 4.74 Å². The molecule has 1 N–H and O–H groups in total. The number of rotatable bonds is 4. The van der Waals surface area contributed by atoms with E-state index < -0.39 is 0 Å². The molecule has 0 aliphatic carbocycles. The van der Waals surface area contributed by atoms with Gasteiger partial charge in [0.25, 0.3) is 0 Å². The summed E-state index contributed by atoms with van der Waals surface area (Å²) in [5.41, 5.74) is 2.10. The predicted octanol–water partition coefficient (Wildman–Crippen LogP) is 2.14. The molecule has 2 aromatic rings. The van der Waals surface area contributed by atoms with Gasteiger partial charge in [-0.25, -0.2) is 4.68 Å². The first-order valence-corrected chi connectivity index (χ1v) is 6.70. The summed E-state index contributed by atoms with van der Waals surface area (Å²) in [6, 6.07) is 0. The molecule has 0 unspecified atom stereocenters. The van der Waals surface area contributed by atoms with Gasteiger partial charge in [0.2, 0.25) is 5.88 Å². The van der Waals surface area contributed by atoms with E-state index in [2.05, 4.69) is 36.3 Å². The second-order valence-electron chi connectivity index (χ2n) is 6.05. The number of hydrogen-bond donors (Lipinski definition) is 1. The van der Waals surface area contributed by atoms with Gasteiger partial charge in [-0.2, -0.15) is 10.2 Å². The molecule has 0 fully saturated rings. The lowest BCUT2D eigenvalue weighted by molar-refractivity contribution is 0.401. The Morgan fingerprint density at radius 3 is 2.55 bits per heavy atom. The summed E-state index contributed by atoms with van der Waals surface area (Å²) in [6.07, 6.45) is 3.53. The zero-order chi connectivity index (χ0) is 14.9. The Hall–Kier alpha value is -1.82. The van der Waals surface area contributed by atoms with Crippen molar-refractivity contribution >= 4 is 0 Å². The molecule has 0 saturated heterocycles. The molecular weight excluding hydrogens is 254 g/mol. The van der Waals surface area contributed by atoms with Crippen LogP contribution in [0.25, 0.3) is 0 Å². The maximum Gasteiger partial charge on any atom is 0.222 e. The van der Waals surface area contributed by atoms with E-state index >= 15 is 0 Å². The molecule has 0 bridgehead atoms. The summed E-state index contributed by atoms with van der Waals surface area (Å²) in [6.45, 7) is 9.13. The van der Waals surface area contributed by atoms with E-state index in [1.807, 2.05) is 27.2 Å². The van der Waals surface area contributed by atoms with E-state index in [1.165, 1.54) is 0 Å². The van der Waals surface area contributed by atoms with Crippen molar-refractivity contribution in [3.63, 3.8) is 0 Å². The normalized spacial score (nSPS) is 11.9. The van der Waals surface area contributed by atoms with E-state index in [0.717, 1.165) is 23.7 Å². The average molecular weight is 277 g/mol. The van der Waals surface area contributed by atoms with Crippen LogP contribution < -0.4 is 10.1 Å². The lowest BCUT2D eigenvalue weighted by Crippen LogP contribution is -2.35. The van der Waals surface area contributed by atoms with E-state index in [9.17, 15) is 0 Å². The van der Waals surface area contributed by atoms with Crippen LogP contribution in [0.4, 0.5) is 0 Å². The first-order chi connectivity index (χ1) is 9.26. The van der Waals surface area contributed by atoms with Gasteiger partial charge in [-0.1, -0.05) is 0 Å². The van der Waals surface area contributed by atoms with Crippen LogP contribution in [0.15, 0.2) is 12.4 Å². The van der Waals surface area contributed by atoms with Crippen molar-refractivity contribution in [1.82, 2.24) is 24.9 Å². The van der Waals surface area contributed by atoms with Gasteiger partial charge in [-0.15, -0.1) is 0 Å². The second-order valence-corrected chi connectivity index (χ2v) is 6.05. The summed E-state index contributed by atoms with van der Waals surface area (Å²) in [5, 5.41) is 12.0. The molecule has 20 heavy (non-hydrogen) atoms. The number of nitrogens with one attached hydrogen (secondary N) is 1. The molecular formula is C14H23N5O. The Bertz CT molecular complexity index is 591. The standard InChI is InChI=1S/C14H23N5O/c1-10-12(8-15-14(2,3)4)13(19(6)17-10)20-11-7-16-18(5)9-11/h7,9,15H,8H2,1-6H3. The lowest BCUT2D eigenvalue weighted by Gasteiger charge is -2.20. The predicted molar refractivity (Wildman–Crippen MR) is 77.8 cm³/mol. The molecule has 0 aromatic carbocycles. The van der Waals surface area contributed by atoms with Crippen molar-refractivity contribution in [3.8, 4) is 11.6 Å². The van der Waals surface area contributed by atoms with Gasteiger partial charge in [-0.05, 0) is 27.7 Å². The third-order valence-electron chi connectivity index (χ3n) is 2.98. The van der Waals surface area contributed by atoms with Crippen molar-refractivity contribution in [1.29, 1.82) is 0 Å². The molecule has 6 nitrogen and oxygen atoms in total. The maximum absolute atomic E-state index is 5.92. The molecule has 0 saturated carbocycles. The number of aryl methyl sites for hydroxylation is 3. The number of hydrogen-bond acceptors (Lipinski definition) is 4. The minimum absolute atomic E-state index is 0.0495. The minimum atomic E-state index is 0.0495. The van der Waals surface area contributed by atoms with E-state index in [1.54, 1.807) is 15.6 Å². The highest BCUT2D eigenvalue weighted by Crippen LogP contribution is 2.27. The molecule has 110 valence electrons. The van der Waals surface area contributed by atoms with Crippen LogP contribution in [0.3, 0.4) is 0 Å². The quantitative estimate of drug-likeness (QED) is 0.930. The summed E-state index contributed by atoms with van der Waals surface area (Å²) in [7, 11) is 3.75. The summed E-state index contributed by atoms with van der Waals surface area (Å²) >= 11 is 0. The molecule has 0 atom stereocenters. The van der Waals surface area contributed by atoms with E-state index in [0.29, 0.717) is 5.75 Å². The fraction of sp³-hybridized carbons (Fsp3) is 0.571. The van der Waals surface area contributed by atoms with Crippen molar-refractivity contribution in [2.45, 2.75) is 39.8 Å². The molecule has 2 aromatic heterocycles. The smallest absolute Gasteiger partial charge is 0.222 e. The molecule has 6 heteroatoms. The zero-order valence-corrected chi connectivity index (χ0v) is 13.1. The molecule has 0 radical (unpaired) electrons. The Morgan fingerprint density at radius 1 is 1.30 bits per heavy atom. The van der Waals surface area contributed by atoms with Gasteiger partial charge in [0.15, 0.2) is 5.75 Å². The molecule has 0 aliphatic heterocycles. The Balaban J connectivity index is 2.23. The monoisotopic (exact) mass is 277 g/mol. The van der Waals surface area contributed by atoms with Gasteiger partial charge >= 0.3 is 0 Å². The first-order valence-electron chi connectivity index (χ1n) is 6.70. The molecule has 2 heterocycles. The SMILES string of the molecule is Cc1nn(C)c(Oc2cnn(C)c2)c1CNC(C)(C)C. The minimum Gasteiger partial charge on any atom is -0.436 e. The number of ether oxygens (including phenoxy) is 1. The Morgan fingerprint density at radius 2 is 2.00 bits per heavy atom. The zero-order valence-electron chi connectivity index (χ0n) is 13.1. The van der Waals surface area contributed by atoms with Crippen molar-refractivity contribution in [2.24, 2.45) is 14.1 Å². The number of nitrogens with zero attached hydrogens (tertiary/aromatic N) is 4. The highest BCUT2D eigenvalue weighted by Gasteiger charge is 2.18. The summed E-state index contributed by atoms with van der Waals surface area (Å²) in [5.74, 6) is 1.47. The van der Waals surface area contributed by atoms with Crippen LogP contribution in [0.1, 0.15) is 32.0 Å². The second kappa shape index (κ2) is 5.28. The fourth-order valence-corrected chi connectivity index (χ4v) is 1.93. The van der Waals surface area contributed by atoms with Crippen LogP contribution in [0.2, 0.25) is 0 Å². The number of aromatic nitrogens is 4. The Labute approximate surface area is 119 Å². The molecule has 0 amide bonds. The molecule has 0 aliphatic rings. The third kappa shape index (κ3) is 3.39. The van der Waals surface area contributed by atoms with Crippen LogP contribution in [0, 0.1) is 6.92 Å². The Kier molecular flexibility index (Phi) is 3.85. The maximum atomic E-state index is 5.92. The highest BCUT2D eigenvalue weighted by atomic mass is 16.5. The largest absolute Gasteiger partial charge is 0.436 e. The van der Waals surface area contributed by atoms with Crippen LogP contribution >= 0.6 is 0 Å². The van der Waals surface area contributed by atoms with Gasteiger partial charge in [0, 0.05) is 26.2 Å². The fourth-order valence-electron chi connectivity index (χ4n) is 1.93. The average Bonchev–Trinajstić information content (AvgIpc) is 2.82. The van der Waals surface area contributed by atoms with Crippen molar-refractivity contribution in [3.05, 3.63) is 23.7 Å².